The second-order valence-electron chi connectivity index (χ2n) is 6.79. The highest BCUT2D eigenvalue weighted by Crippen LogP contribution is 2.32. The van der Waals surface area contributed by atoms with Gasteiger partial charge in [0.15, 0.2) is 6.61 Å². The number of methoxy groups -OCH3 is 1. The van der Waals surface area contributed by atoms with Gasteiger partial charge in [-0.2, -0.15) is 0 Å². The largest absolute Gasteiger partial charge is 0.497 e. The molecule has 0 spiro atoms. The van der Waals surface area contributed by atoms with E-state index in [0.29, 0.717) is 35.6 Å². The zero-order valence-electron chi connectivity index (χ0n) is 15.9. The molecule has 1 aliphatic rings. The van der Waals surface area contributed by atoms with Crippen molar-refractivity contribution < 1.29 is 29.0 Å². The fraction of sp³-hybridized carbons (Fsp3) is 0.286. The molecule has 2 aromatic carbocycles. The number of anilines is 1. The van der Waals surface area contributed by atoms with Crippen LogP contribution >= 0.6 is 0 Å². The van der Waals surface area contributed by atoms with E-state index in [9.17, 15) is 19.5 Å². The van der Waals surface area contributed by atoms with E-state index in [-0.39, 0.29) is 12.5 Å². The number of carboxylic acids is 1. The third-order valence-corrected chi connectivity index (χ3v) is 4.81. The van der Waals surface area contributed by atoms with Crippen LogP contribution < -0.4 is 20.1 Å². The number of rotatable bonds is 8. The first-order valence-corrected chi connectivity index (χ1v) is 9.14. The van der Waals surface area contributed by atoms with E-state index < -0.39 is 17.4 Å². The number of carbonyl (C=O) groups is 3. The lowest BCUT2D eigenvalue weighted by molar-refractivity contribution is -0.148. The Morgan fingerprint density at radius 1 is 1.07 bits per heavy atom. The molecule has 29 heavy (non-hydrogen) atoms. The lowest BCUT2D eigenvalue weighted by Crippen LogP contribution is -2.59. The van der Waals surface area contributed by atoms with E-state index in [2.05, 4.69) is 10.6 Å². The standard InChI is InChI=1S/C21H22N2O6/c1-28-17-5-2-4-15(12-17)22-18(24)13-29-16-8-6-14(7-9-16)19(25)23-21(20(26)27)10-3-11-21/h2,4-9,12H,3,10-11,13H2,1H3,(H,22,24)(H,23,25)(H,26,27). The molecule has 0 aliphatic heterocycles. The summed E-state index contributed by atoms with van der Waals surface area (Å²) in [7, 11) is 1.54. The maximum atomic E-state index is 12.3. The number of ether oxygens (including phenoxy) is 2. The highest BCUT2D eigenvalue weighted by Gasteiger charge is 2.45. The molecule has 0 radical (unpaired) electrons. The smallest absolute Gasteiger partial charge is 0.329 e. The molecule has 8 heteroatoms. The van der Waals surface area contributed by atoms with Gasteiger partial charge in [-0.1, -0.05) is 6.07 Å². The number of hydrogen-bond acceptors (Lipinski definition) is 5. The van der Waals surface area contributed by atoms with Crippen molar-refractivity contribution in [2.24, 2.45) is 0 Å². The van der Waals surface area contributed by atoms with E-state index in [1.165, 1.54) is 12.1 Å². The molecule has 2 aromatic rings. The molecule has 1 fully saturated rings. The Labute approximate surface area is 167 Å². The number of nitrogens with one attached hydrogen (secondary N) is 2. The van der Waals surface area contributed by atoms with Crippen molar-refractivity contribution >= 4 is 23.5 Å². The van der Waals surface area contributed by atoms with Crippen LogP contribution in [0.25, 0.3) is 0 Å². The average molecular weight is 398 g/mol. The normalized spacial score (nSPS) is 14.2. The molecule has 1 aliphatic carbocycles. The Hall–Kier alpha value is -3.55. The van der Waals surface area contributed by atoms with Gasteiger partial charge in [0, 0.05) is 17.3 Å². The lowest BCUT2D eigenvalue weighted by Gasteiger charge is -2.38. The van der Waals surface area contributed by atoms with Crippen LogP contribution in [-0.4, -0.2) is 42.1 Å². The molecule has 0 atom stereocenters. The number of carbonyl (C=O) groups excluding carboxylic acids is 2. The molecule has 0 bridgehead atoms. The highest BCUT2D eigenvalue weighted by atomic mass is 16.5. The van der Waals surface area contributed by atoms with E-state index >= 15 is 0 Å². The van der Waals surface area contributed by atoms with Gasteiger partial charge < -0.3 is 25.2 Å². The third kappa shape index (κ3) is 4.84. The van der Waals surface area contributed by atoms with Crippen LogP contribution in [-0.2, 0) is 9.59 Å². The predicted molar refractivity (Wildman–Crippen MR) is 105 cm³/mol. The Balaban J connectivity index is 1.51. The summed E-state index contributed by atoms with van der Waals surface area (Å²) in [4.78, 5) is 35.7. The van der Waals surface area contributed by atoms with Crippen LogP contribution in [0.4, 0.5) is 5.69 Å². The van der Waals surface area contributed by atoms with Crippen LogP contribution in [0.5, 0.6) is 11.5 Å². The van der Waals surface area contributed by atoms with Gasteiger partial charge in [-0.15, -0.1) is 0 Å². The van der Waals surface area contributed by atoms with Crippen molar-refractivity contribution in [3.63, 3.8) is 0 Å². The average Bonchev–Trinajstić information content (AvgIpc) is 2.69. The van der Waals surface area contributed by atoms with Crippen molar-refractivity contribution in [3.05, 3.63) is 54.1 Å². The number of aliphatic carboxylic acids is 1. The van der Waals surface area contributed by atoms with Crippen LogP contribution in [0.2, 0.25) is 0 Å². The van der Waals surface area contributed by atoms with E-state index in [1.54, 1.807) is 43.5 Å². The molecule has 0 heterocycles. The van der Waals surface area contributed by atoms with Gasteiger partial charge in [0.1, 0.15) is 17.0 Å². The van der Waals surface area contributed by atoms with Crippen LogP contribution in [0.1, 0.15) is 29.6 Å². The molecule has 2 amide bonds. The van der Waals surface area contributed by atoms with Gasteiger partial charge in [0.2, 0.25) is 0 Å². The summed E-state index contributed by atoms with van der Waals surface area (Å²) in [6.45, 7) is -0.203. The second-order valence-corrected chi connectivity index (χ2v) is 6.79. The van der Waals surface area contributed by atoms with E-state index in [0.717, 1.165) is 6.42 Å². The van der Waals surface area contributed by atoms with Gasteiger partial charge in [-0.05, 0) is 55.7 Å². The molecule has 3 N–H and O–H groups in total. The minimum absolute atomic E-state index is 0.203. The van der Waals surface area contributed by atoms with Crippen molar-refractivity contribution in [3.8, 4) is 11.5 Å². The summed E-state index contributed by atoms with van der Waals surface area (Å²) in [5.74, 6) is -0.759. The third-order valence-electron chi connectivity index (χ3n) is 4.81. The topological polar surface area (TPSA) is 114 Å². The maximum Gasteiger partial charge on any atom is 0.329 e. The van der Waals surface area contributed by atoms with Crippen LogP contribution in [0.15, 0.2) is 48.5 Å². The van der Waals surface area contributed by atoms with Crippen molar-refractivity contribution in [1.82, 2.24) is 5.32 Å². The zero-order chi connectivity index (χ0) is 20.9. The molecule has 8 nitrogen and oxygen atoms in total. The summed E-state index contributed by atoms with van der Waals surface area (Å²) in [6.07, 6.45) is 1.63. The summed E-state index contributed by atoms with van der Waals surface area (Å²) in [5.41, 5.74) is -0.246. The highest BCUT2D eigenvalue weighted by molar-refractivity contribution is 5.98. The Morgan fingerprint density at radius 2 is 1.79 bits per heavy atom. The molecule has 0 unspecified atom stereocenters. The predicted octanol–water partition coefficient (Wildman–Crippen LogP) is 2.45. The lowest BCUT2D eigenvalue weighted by atomic mass is 9.76. The summed E-state index contributed by atoms with van der Waals surface area (Å²) < 4.78 is 10.5. The minimum Gasteiger partial charge on any atom is -0.497 e. The fourth-order valence-corrected chi connectivity index (χ4v) is 2.96. The molecular weight excluding hydrogens is 376 g/mol. The molecule has 0 aromatic heterocycles. The quantitative estimate of drug-likeness (QED) is 0.629. The number of hydrogen-bond donors (Lipinski definition) is 3. The van der Waals surface area contributed by atoms with Crippen LogP contribution in [0, 0.1) is 0 Å². The molecule has 1 saturated carbocycles. The Kier molecular flexibility index (Phi) is 6.01. The molecule has 152 valence electrons. The zero-order valence-corrected chi connectivity index (χ0v) is 15.9. The maximum absolute atomic E-state index is 12.3. The number of amides is 2. The first-order chi connectivity index (χ1) is 13.9. The van der Waals surface area contributed by atoms with Gasteiger partial charge >= 0.3 is 5.97 Å². The monoisotopic (exact) mass is 398 g/mol. The fourth-order valence-electron chi connectivity index (χ4n) is 2.96. The Morgan fingerprint density at radius 3 is 2.38 bits per heavy atom. The first kappa shape index (κ1) is 20.2. The van der Waals surface area contributed by atoms with E-state index in [4.69, 9.17) is 9.47 Å². The second kappa shape index (κ2) is 8.64. The number of carboxylic acid groups (broad SMARTS) is 1. The van der Waals surface area contributed by atoms with Gasteiger partial charge in [-0.3, -0.25) is 9.59 Å². The summed E-state index contributed by atoms with van der Waals surface area (Å²) >= 11 is 0. The van der Waals surface area contributed by atoms with Gasteiger partial charge in [0.05, 0.1) is 7.11 Å². The summed E-state index contributed by atoms with van der Waals surface area (Å²) in [6, 6.07) is 13.1. The Bertz CT molecular complexity index is 906. The summed E-state index contributed by atoms with van der Waals surface area (Å²) in [5, 5.41) is 14.6. The van der Waals surface area contributed by atoms with Crippen molar-refractivity contribution in [2.75, 3.05) is 19.0 Å². The molecule has 0 saturated heterocycles. The SMILES string of the molecule is COc1cccc(NC(=O)COc2ccc(C(=O)NC3(C(=O)O)CCC3)cc2)c1. The van der Waals surface area contributed by atoms with Gasteiger partial charge in [-0.25, -0.2) is 4.79 Å². The van der Waals surface area contributed by atoms with E-state index in [1.807, 2.05) is 0 Å². The minimum atomic E-state index is -1.16. The molecule has 3 rings (SSSR count). The van der Waals surface area contributed by atoms with Crippen molar-refractivity contribution in [1.29, 1.82) is 0 Å². The van der Waals surface area contributed by atoms with Crippen LogP contribution in [0.3, 0.4) is 0 Å². The first-order valence-electron chi connectivity index (χ1n) is 9.14. The molecular formula is C21H22N2O6. The van der Waals surface area contributed by atoms with Gasteiger partial charge in [0.25, 0.3) is 11.8 Å². The number of benzene rings is 2. The van der Waals surface area contributed by atoms with Crippen molar-refractivity contribution in [2.45, 2.75) is 24.8 Å².